The Hall–Kier alpha value is -3.19. The lowest BCUT2D eigenvalue weighted by molar-refractivity contribution is -0.385. The van der Waals surface area contributed by atoms with Crippen molar-refractivity contribution in [2.24, 2.45) is 5.10 Å². The van der Waals surface area contributed by atoms with E-state index in [2.05, 4.69) is 15.5 Å². The second kappa shape index (κ2) is 6.51. The van der Waals surface area contributed by atoms with Crippen molar-refractivity contribution in [3.05, 3.63) is 74.9 Å². The summed E-state index contributed by atoms with van der Waals surface area (Å²) in [5.74, 6) is -0.452. The van der Waals surface area contributed by atoms with E-state index in [4.69, 9.17) is 11.6 Å². The average molecular weight is 343 g/mol. The molecule has 0 aliphatic carbocycles. The second-order valence-electron chi connectivity index (χ2n) is 4.93. The van der Waals surface area contributed by atoms with E-state index in [1.165, 1.54) is 24.4 Å². The standard InChI is InChI=1S/C16H11ClN4O3/c17-12-5-6-15(21(23)24)11(7-12)9-18-20-16(22)14-8-10-3-1-2-4-13(10)19-14/h1-9,19H,(H,20,22). The highest BCUT2D eigenvalue weighted by Crippen LogP contribution is 2.21. The quantitative estimate of drug-likeness (QED) is 0.431. The minimum Gasteiger partial charge on any atom is -0.350 e. The topological polar surface area (TPSA) is 100 Å². The molecule has 0 bridgehead atoms. The number of aromatic nitrogens is 1. The minimum absolute atomic E-state index is 0.150. The van der Waals surface area contributed by atoms with E-state index in [0.717, 1.165) is 10.9 Å². The van der Waals surface area contributed by atoms with Gasteiger partial charge in [0, 0.05) is 22.0 Å². The molecule has 0 radical (unpaired) electrons. The molecule has 3 rings (SSSR count). The molecule has 1 heterocycles. The van der Waals surface area contributed by atoms with Gasteiger partial charge in [-0.15, -0.1) is 0 Å². The number of para-hydroxylation sites is 1. The molecule has 0 unspecified atom stereocenters. The molecule has 24 heavy (non-hydrogen) atoms. The van der Waals surface area contributed by atoms with Crippen LogP contribution in [0, 0.1) is 10.1 Å². The average Bonchev–Trinajstić information content (AvgIpc) is 2.98. The fraction of sp³-hybridized carbons (Fsp3) is 0. The first-order valence-electron chi connectivity index (χ1n) is 6.90. The van der Waals surface area contributed by atoms with Gasteiger partial charge in [0.1, 0.15) is 5.69 Å². The summed E-state index contributed by atoms with van der Waals surface area (Å²) in [5, 5.41) is 16.0. The van der Waals surface area contributed by atoms with E-state index in [9.17, 15) is 14.9 Å². The van der Waals surface area contributed by atoms with Gasteiger partial charge in [-0.2, -0.15) is 5.10 Å². The lowest BCUT2D eigenvalue weighted by Crippen LogP contribution is -2.18. The number of halogens is 1. The van der Waals surface area contributed by atoms with Crippen molar-refractivity contribution in [3.8, 4) is 0 Å². The van der Waals surface area contributed by atoms with Crippen LogP contribution in [0.1, 0.15) is 16.1 Å². The van der Waals surface area contributed by atoms with Gasteiger partial charge in [0.15, 0.2) is 0 Å². The van der Waals surface area contributed by atoms with Crippen LogP contribution in [0.2, 0.25) is 5.02 Å². The van der Waals surface area contributed by atoms with Crippen LogP contribution in [0.4, 0.5) is 5.69 Å². The molecular formula is C16H11ClN4O3. The molecule has 2 aromatic carbocycles. The van der Waals surface area contributed by atoms with Crippen LogP contribution in [0.3, 0.4) is 0 Å². The maximum absolute atomic E-state index is 12.1. The summed E-state index contributed by atoms with van der Waals surface area (Å²) in [5.41, 5.74) is 3.55. The first-order valence-corrected chi connectivity index (χ1v) is 7.27. The summed E-state index contributed by atoms with van der Waals surface area (Å²) in [6.45, 7) is 0. The third-order valence-corrected chi connectivity index (χ3v) is 3.57. The Kier molecular flexibility index (Phi) is 4.26. The van der Waals surface area contributed by atoms with Crippen molar-refractivity contribution in [1.82, 2.24) is 10.4 Å². The Balaban J connectivity index is 1.77. The van der Waals surface area contributed by atoms with E-state index < -0.39 is 10.8 Å². The molecule has 0 atom stereocenters. The van der Waals surface area contributed by atoms with Crippen molar-refractivity contribution in [2.75, 3.05) is 0 Å². The molecule has 0 saturated heterocycles. The summed E-state index contributed by atoms with van der Waals surface area (Å²) in [7, 11) is 0. The number of amides is 1. The molecule has 0 aliphatic rings. The number of H-pyrrole nitrogens is 1. The monoisotopic (exact) mass is 342 g/mol. The second-order valence-corrected chi connectivity index (χ2v) is 5.37. The molecule has 1 amide bonds. The Morgan fingerprint density at radius 3 is 2.79 bits per heavy atom. The maximum atomic E-state index is 12.1. The number of carbonyl (C=O) groups excluding carboxylic acids is 1. The lowest BCUT2D eigenvalue weighted by Gasteiger charge is -1.99. The highest BCUT2D eigenvalue weighted by Gasteiger charge is 2.12. The van der Waals surface area contributed by atoms with E-state index in [1.807, 2.05) is 24.3 Å². The van der Waals surface area contributed by atoms with Crippen LogP contribution in [-0.4, -0.2) is 22.0 Å². The molecular weight excluding hydrogens is 332 g/mol. The number of nitro benzene ring substituents is 1. The van der Waals surface area contributed by atoms with E-state index >= 15 is 0 Å². The van der Waals surface area contributed by atoms with Gasteiger partial charge in [0.25, 0.3) is 11.6 Å². The van der Waals surface area contributed by atoms with Crippen LogP contribution < -0.4 is 5.43 Å². The van der Waals surface area contributed by atoms with E-state index in [1.54, 1.807) is 6.07 Å². The van der Waals surface area contributed by atoms with Crippen molar-refractivity contribution in [1.29, 1.82) is 0 Å². The summed E-state index contributed by atoms with van der Waals surface area (Å²) < 4.78 is 0. The number of nitro groups is 1. The number of hydrazone groups is 1. The SMILES string of the molecule is O=C(NN=Cc1cc(Cl)ccc1[N+](=O)[O-])c1cc2ccccc2[nH]1. The minimum atomic E-state index is -0.544. The van der Waals surface area contributed by atoms with Gasteiger partial charge in [-0.25, -0.2) is 5.43 Å². The van der Waals surface area contributed by atoms with Crippen LogP contribution >= 0.6 is 11.6 Å². The number of aromatic amines is 1. The van der Waals surface area contributed by atoms with Gasteiger partial charge in [0.2, 0.25) is 0 Å². The van der Waals surface area contributed by atoms with E-state index in [-0.39, 0.29) is 11.3 Å². The maximum Gasteiger partial charge on any atom is 0.287 e. The number of fused-ring (bicyclic) bond motifs is 1. The first kappa shape index (κ1) is 15.7. The predicted molar refractivity (Wildman–Crippen MR) is 91.5 cm³/mol. The Morgan fingerprint density at radius 1 is 1.25 bits per heavy atom. The third-order valence-electron chi connectivity index (χ3n) is 3.33. The molecule has 0 spiro atoms. The molecule has 2 N–H and O–H groups in total. The number of benzene rings is 2. The zero-order valence-corrected chi connectivity index (χ0v) is 12.9. The molecule has 0 aliphatic heterocycles. The number of carbonyl (C=O) groups is 1. The summed E-state index contributed by atoms with van der Waals surface area (Å²) in [6, 6.07) is 13.3. The molecule has 120 valence electrons. The summed E-state index contributed by atoms with van der Waals surface area (Å²) in [4.78, 5) is 25.5. The summed E-state index contributed by atoms with van der Waals surface area (Å²) in [6.07, 6.45) is 1.19. The van der Waals surface area contributed by atoms with Crippen LogP contribution in [0.5, 0.6) is 0 Å². The molecule has 0 saturated carbocycles. The Bertz CT molecular complexity index is 932. The van der Waals surface area contributed by atoms with Crippen molar-refractivity contribution < 1.29 is 9.72 Å². The first-order chi connectivity index (χ1) is 11.5. The van der Waals surface area contributed by atoms with Crippen molar-refractivity contribution >= 4 is 40.3 Å². The Morgan fingerprint density at radius 2 is 2.04 bits per heavy atom. The normalized spacial score (nSPS) is 11.0. The smallest absolute Gasteiger partial charge is 0.287 e. The fourth-order valence-electron chi connectivity index (χ4n) is 2.21. The number of hydrogen-bond donors (Lipinski definition) is 2. The zero-order valence-electron chi connectivity index (χ0n) is 12.2. The number of nitrogens with one attached hydrogen (secondary N) is 2. The van der Waals surface area contributed by atoms with Crippen LogP contribution in [-0.2, 0) is 0 Å². The van der Waals surface area contributed by atoms with Crippen molar-refractivity contribution in [2.45, 2.75) is 0 Å². The van der Waals surface area contributed by atoms with Crippen molar-refractivity contribution in [3.63, 3.8) is 0 Å². The number of rotatable bonds is 4. The lowest BCUT2D eigenvalue weighted by atomic mass is 10.2. The third kappa shape index (κ3) is 3.26. The largest absolute Gasteiger partial charge is 0.350 e. The van der Waals surface area contributed by atoms with Gasteiger partial charge in [-0.3, -0.25) is 14.9 Å². The molecule has 0 fully saturated rings. The van der Waals surface area contributed by atoms with Gasteiger partial charge < -0.3 is 4.98 Å². The number of nitrogens with zero attached hydrogens (tertiary/aromatic N) is 2. The van der Waals surface area contributed by atoms with Gasteiger partial charge >= 0.3 is 0 Å². The summed E-state index contributed by atoms with van der Waals surface area (Å²) >= 11 is 5.83. The highest BCUT2D eigenvalue weighted by molar-refractivity contribution is 6.31. The molecule has 7 nitrogen and oxygen atoms in total. The molecule has 3 aromatic rings. The van der Waals surface area contributed by atoms with Gasteiger partial charge in [-0.05, 0) is 24.3 Å². The number of hydrogen-bond acceptors (Lipinski definition) is 4. The van der Waals surface area contributed by atoms with Crippen LogP contribution in [0.15, 0.2) is 53.6 Å². The Labute approximate surface area is 141 Å². The molecule has 1 aromatic heterocycles. The van der Waals surface area contributed by atoms with Crippen LogP contribution in [0.25, 0.3) is 10.9 Å². The van der Waals surface area contributed by atoms with Gasteiger partial charge in [-0.1, -0.05) is 29.8 Å². The van der Waals surface area contributed by atoms with Gasteiger partial charge in [0.05, 0.1) is 16.7 Å². The fourth-order valence-corrected chi connectivity index (χ4v) is 2.39. The predicted octanol–water partition coefficient (Wildman–Crippen LogP) is 3.49. The van der Waals surface area contributed by atoms with E-state index in [0.29, 0.717) is 10.7 Å². The highest BCUT2D eigenvalue weighted by atomic mass is 35.5. The molecule has 8 heteroatoms. The zero-order chi connectivity index (χ0) is 17.1.